The first-order valence-corrected chi connectivity index (χ1v) is 11.8. The Kier molecular flexibility index (Phi) is 6.25. The molecule has 15 heteroatoms. The fourth-order valence-electron chi connectivity index (χ4n) is 3.54. The predicted molar refractivity (Wildman–Crippen MR) is 116 cm³/mol. The SMILES string of the molecule is Cc1nnc(SC2=C(CO)N3C(=O)C(NC(=O)C(N=O)c4nc(N)sc4Cl)C3CC2)s1. The second kappa shape index (κ2) is 8.78. The molecule has 2 amide bonds. The van der Waals surface area contributed by atoms with Crippen LogP contribution in [-0.2, 0) is 9.59 Å². The molecule has 1 fully saturated rings. The van der Waals surface area contributed by atoms with Gasteiger partial charge in [0.2, 0.25) is 6.04 Å². The van der Waals surface area contributed by atoms with Gasteiger partial charge < -0.3 is 21.1 Å². The van der Waals surface area contributed by atoms with Crippen molar-refractivity contribution in [1.82, 2.24) is 25.4 Å². The molecule has 2 aliphatic rings. The van der Waals surface area contributed by atoms with Crippen molar-refractivity contribution in [3.63, 3.8) is 0 Å². The maximum atomic E-state index is 12.8. The number of carbonyl (C=O) groups excluding carboxylic acids is 2. The third-order valence-corrected chi connectivity index (χ3v) is 8.09. The van der Waals surface area contributed by atoms with E-state index in [2.05, 4.69) is 25.7 Å². The number of amides is 2. The molecule has 0 spiro atoms. The zero-order valence-electron chi connectivity index (χ0n) is 15.9. The molecule has 4 heterocycles. The van der Waals surface area contributed by atoms with E-state index < -0.39 is 18.0 Å². The summed E-state index contributed by atoms with van der Waals surface area (Å²) in [6.45, 7) is 1.52. The Balaban J connectivity index is 1.48. The Morgan fingerprint density at radius 2 is 2.26 bits per heavy atom. The number of aromatic nitrogens is 3. The first kappa shape index (κ1) is 22.1. The van der Waals surface area contributed by atoms with Crippen LogP contribution in [0.3, 0.4) is 0 Å². The number of hydrogen-bond acceptors (Lipinski definition) is 12. The van der Waals surface area contributed by atoms with Crippen molar-refractivity contribution in [3.8, 4) is 0 Å². The largest absolute Gasteiger partial charge is 0.390 e. The Labute approximate surface area is 193 Å². The lowest BCUT2D eigenvalue weighted by atomic mass is 9.86. The van der Waals surface area contributed by atoms with Crippen LogP contribution in [0.5, 0.6) is 0 Å². The van der Waals surface area contributed by atoms with Crippen molar-refractivity contribution in [3.05, 3.63) is 30.5 Å². The monoisotopic (exact) mass is 501 g/mol. The molecule has 1 saturated heterocycles. The molecule has 0 aliphatic carbocycles. The number of fused-ring (bicyclic) bond motifs is 1. The number of nitrogens with zero attached hydrogens (tertiary/aromatic N) is 5. The molecule has 0 bridgehead atoms. The summed E-state index contributed by atoms with van der Waals surface area (Å²) in [5.74, 6) is -1.15. The zero-order valence-corrected chi connectivity index (χ0v) is 19.1. The molecule has 0 radical (unpaired) electrons. The summed E-state index contributed by atoms with van der Waals surface area (Å²) in [4.78, 5) is 42.9. The highest BCUT2D eigenvalue weighted by molar-refractivity contribution is 8.04. The molecule has 2 aromatic rings. The van der Waals surface area contributed by atoms with Crippen LogP contribution < -0.4 is 11.1 Å². The molecule has 3 unspecified atom stereocenters. The number of rotatable bonds is 7. The van der Waals surface area contributed by atoms with Crippen LogP contribution in [0, 0.1) is 11.8 Å². The Bertz CT molecular complexity index is 1090. The molecular weight excluding hydrogens is 486 g/mol. The van der Waals surface area contributed by atoms with Crippen molar-refractivity contribution in [2.75, 3.05) is 12.3 Å². The van der Waals surface area contributed by atoms with Gasteiger partial charge in [-0.05, 0) is 24.9 Å². The standard InChI is InChI=1S/C16H16ClN7O4S3/c1-5-21-22-16(29-5)30-8-3-2-6-9(14(27)24(6)7(8)4-25)19-13(26)11(23-28)10-12(17)31-15(18)20-10/h6,9,11,25H,2-4H2,1H3,(H2,18,20)(H,19,26). The van der Waals surface area contributed by atoms with E-state index in [1.165, 1.54) is 28.0 Å². The van der Waals surface area contributed by atoms with Crippen molar-refractivity contribution in [2.24, 2.45) is 5.18 Å². The van der Waals surface area contributed by atoms with Gasteiger partial charge in [0.05, 0.1) is 18.3 Å². The minimum atomic E-state index is -1.51. The van der Waals surface area contributed by atoms with Crippen molar-refractivity contribution in [1.29, 1.82) is 0 Å². The highest BCUT2D eigenvalue weighted by Crippen LogP contribution is 2.43. The fraction of sp³-hybridized carbons (Fsp3) is 0.438. The number of allylic oxidation sites excluding steroid dienone is 1. The number of thioether (sulfide) groups is 1. The number of hydrogen-bond donors (Lipinski definition) is 3. The van der Waals surface area contributed by atoms with Crippen molar-refractivity contribution in [2.45, 2.75) is 42.2 Å². The summed E-state index contributed by atoms with van der Waals surface area (Å²) in [6, 6.07) is -2.67. The van der Waals surface area contributed by atoms with Crippen LogP contribution in [0.2, 0.25) is 4.34 Å². The quantitative estimate of drug-likeness (QED) is 0.379. The van der Waals surface area contributed by atoms with Crippen LogP contribution in [-0.4, -0.2) is 55.7 Å². The first-order chi connectivity index (χ1) is 14.8. The number of nitroso groups, excluding NO2 is 1. The number of nitrogens with two attached hydrogens (primary N) is 1. The number of nitrogen functional groups attached to an aromatic ring is 1. The van der Waals surface area contributed by atoms with E-state index in [9.17, 15) is 19.6 Å². The molecule has 2 aliphatic heterocycles. The summed E-state index contributed by atoms with van der Waals surface area (Å²) < 4.78 is 0.824. The van der Waals surface area contributed by atoms with Gasteiger partial charge in [-0.25, -0.2) is 4.98 Å². The number of β-lactam (4-membered cyclic amide) rings is 1. The van der Waals surface area contributed by atoms with E-state index in [0.29, 0.717) is 18.5 Å². The second-order valence-electron chi connectivity index (χ2n) is 6.74. The fourth-order valence-corrected chi connectivity index (χ4v) is 6.55. The van der Waals surface area contributed by atoms with Gasteiger partial charge in [0.25, 0.3) is 11.8 Å². The van der Waals surface area contributed by atoms with Gasteiger partial charge in [0, 0.05) is 4.91 Å². The summed E-state index contributed by atoms with van der Waals surface area (Å²) in [7, 11) is 0. The second-order valence-corrected chi connectivity index (χ2v) is 10.9. The lowest BCUT2D eigenvalue weighted by Gasteiger charge is -2.51. The van der Waals surface area contributed by atoms with E-state index in [1.807, 2.05) is 6.92 Å². The van der Waals surface area contributed by atoms with Gasteiger partial charge >= 0.3 is 0 Å². The van der Waals surface area contributed by atoms with Gasteiger partial charge in [0.1, 0.15) is 21.1 Å². The maximum Gasteiger partial charge on any atom is 0.255 e. The molecule has 3 atom stereocenters. The molecule has 0 saturated carbocycles. The number of halogens is 1. The average Bonchev–Trinajstić information content (AvgIpc) is 3.30. The molecule has 31 heavy (non-hydrogen) atoms. The molecule has 164 valence electrons. The number of thiazole rings is 1. The summed E-state index contributed by atoms with van der Waals surface area (Å²) in [5.41, 5.74) is 6.02. The van der Waals surface area contributed by atoms with Gasteiger partial charge in [0.15, 0.2) is 9.47 Å². The predicted octanol–water partition coefficient (Wildman–Crippen LogP) is 1.83. The Morgan fingerprint density at radius 1 is 1.48 bits per heavy atom. The van der Waals surface area contributed by atoms with Crippen LogP contribution in [0.4, 0.5) is 5.13 Å². The van der Waals surface area contributed by atoms with E-state index in [-0.39, 0.29) is 33.7 Å². The van der Waals surface area contributed by atoms with E-state index in [0.717, 1.165) is 25.6 Å². The van der Waals surface area contributed by atoms with Crippen LogP contribution in [0.1, 0.15) is 29.6 Å². The number of carbonyl (C=O) groups is 2. The van der Waals surface area contributed by atoms with Crippen molar-refractivity contribution < 1.29 is 14.7 Å². The number of aliphatic hydroxyl groups is 1. The van der Waals surface area contributed by atoms with Gasteiger partial charge in [-0.1, -0.05) is 46.0 Å². The molecule has 4 rings (SSSR count). The number of nitrogens with one attached hydrogen (secondary N) is 1. The minimum absolute atomic E-state index is 0.0362. The molecule has 4 N–H and O–H groups in total. The normalized spacial score (nSPS) is 21.5. The molecule has 0 aromatic carbocycles. The molecule has 11 nitrogen and oxygen atoms in total. The van der Waals surface area contributed by atoms with Crippen LogP contribution in [0.15, 0.2) is 20.1 Å². The Hall–Kier alpha value is -2.13. The highest BCUT2D eigenvalue weighted by atomic mass is 35.5. The van der Waals surface area contributed by atoms with Gasteiger partial charge in [-0.3, -0.25) is 9.59 Å². The van der Waals surface area contributed by atoms with Gasteiger partial charge in [-0.2, -0.15) is 0 Å². The lowest BCUT2D eigenvalue weighted by molar-refractivity contribution is -0.152. The number of aryl methyl sites for hydroxylation is 1. The summed E-state index contributed by atoms with van der Waals surface area (Å²) >= 11 is 9.72. The summed E-state index contributed by atoms with van der Waals surface area (Å²) in [5, 5.41) is 24.3. The smallest absolute Gasteiger partial charge is 0.255 e. The van der Waals surface area contributed by atoms with Crippen molar-refractivity contribution >= 4 is 63.0 Å². The van der Waals surface area contributed by atoms with E-state index in [1.54, 1.807) is 0 Å². The molecule has 2 aromatic heterocycles. The lowest BCUT2D eigenvalue weighted by Crippen LogP contribution is -2.71. The van der Waals surface area contributed by atoms with E-state index >= 15 is 0 Å². The van der Waals surface area contributed by atoms with E-state index in [4.69, 9.17) is 17.3 Å². The van der Waals surface area contributed by atoms with Gasteiger partial charge in [-0.15, -0.1) is 15.1 Å². The van der Waals surface area contributed by atoms with Crippen LogP contribution >= 0.6 is 46.0 Å². The summed E-state index contributed by atoms with van der Waals surface area (Å²) in [6.07, 6.45) is 1.17. The highest BCUT2D eigenvalue weighted by Gasteiger charge is 2.52. The molecular formula is C16H16ClN7O4S3. The minimum Gasteiger partial charge on any atom is -0.390 e. The first-order valence-electron chi connectivity index (χ1n) is 9.02. The average molecular weight is 502 g/mol. The Morgan fingerprint density at radius 3 is 2.84 bits per heavy atom. The van der Waals surface area contributed by atoms with Crippen LogP contribution in [0.25, 0.3) is 0 Å². The zero-order chi connectivity index (χ0) is 22.3. The third kappa shape index (κ3) is 4.05. The number of anilines is 1. The number of aliphatic hydroxyl groups excluding tert-OH is 1. The maximum absolute atomic E-state index is 12.8. The third-order valence-electron chi connectivity index (χ3n) is 4.90. The topological polar surface area (TPSA) is 164 Å².